The van der Waals surface area contributed by atoms with Crippen LogP contribution in [0.2, 0.25) is 0 Å². The van der Waals surface area contributed by atoms with E-state index < -0.39 is 12.7 Å². The molecular formula is C10H13BrF3N3. The van der Waals surface area contributed by atoms with Gasteiger partial charge in [0.2, 0.25) is 0 Å². The molecule has 1 aromatic rings. The monoisotopic (exact) mass is 311 g/mol. The number of rotatable bonds is 4. The van der Waals surface area contributed by atoms with Gasteiger partial charge in [-0.25, -0.2) is 9.97 Å². The minimum atomic E-state index is -4.24. The van der Waals surface area contributed by atoms with Gasteiger partial charge in [-0.2, -0.15) is 13.2 Å². The zero-order chi connectivity index (χ0) is 13.1. The molecule has 0 N–H and O–H groups in total. The van der Waals surface area contributed by atoms with Crippen LogP contribution >= 0.6 is 15.9 Å². The second-order valence-corrected chi connectivity index (χ2v) is 4.45. The van der Waals surface area contributed by atoms with Crippen molar-refractivity contribution < 1.29 is 13.2 Å². The van der Waals surface area contributed by atoms with Crippen molar-refractivity contribution in [1.82, 2.24) is 9.97 Å². The lowest BCUT2D eigenvalue weighted by molar-refractivity contribution is -0.119. The van der Waals surface area contributed by atoms with Gasteiger partial charge in [0.05, 0.1) is 0 Å². The van der Waals surface area contributed by atoms with Crippen LogP contribution in [-0.4, -0.2) is 29.2 Å². The maximum Gasteiger partial charge on any atom is 0.405 e. The van der Waals surface area contributed by atoms with Gasteiger partial charge >= 0.3 is 6.18 Å². The third-order valence-corrected chi connectivity index (χ3v) is 2.39. The van der Waals surface area contributed by atoms with Gasteiger partial charge in [-0.05, 0) is 29.3 Å². The maximum atomic E-state index is 12.4. The maximum absolute atomic E-state index is 12.4. The number of hydrogen-bond donors (Lipinski definition) is 0. The Morgan fingerprint density at radius 3 is 2.47 bits per heavy atom. The highest BCUT2D eigenvalue weighted by Crippen LogP contribution is 2.22. The summed E-state index contributed by atoms with van der Waals surface area (Å²) in [5.41, 5.74) is 0. The van der Waals surface area contributed by atoms with Gasteiger partial charge in [-0.3, -0.25) is 0 Å². The topological polar surface area (TPSA) is 29.0 Å². The Hall–Kier alpha value is -0.850. The summed E-state index contributed by atoms with van der Waals surface area (Å²) in [5, 5.41) is 0. The molecule has 0 aliphatic carbocycles. The second-order valence-electron chi connectivity index (χ2n) is 3.63. The molecule has 0 radical (unpaired) electrons. The smallest absolute Gasteiger partial charge is 0.347 e. The normalized spacial score (nSPS) is 11.6. The molecule has 0 aromatic carbocycles. The molecule has 0 bridgehead atoms. The van der Waals surface area contributed by atoms with Gasteiger partial charge in [0.25, 0.3) is 0 Å². The Morgan fingerprint density at radius 2 is 2.00 bits per heavy atom. The fourth-order valence-electron chi connectivity index (χ4n) is 1.44. The first-order valence-corrected chi connectivity index (χ1v) is 5.94. The molecule has 1 heterocycles. The van der Waals surface area contributed by atoms with E-state index in [4.69, 9.17) is 0 Å². The summed E-state index contributed by atoms with van der Waals surface area (Å²) >= 11 is 3.15. The van der Waals surface area contributed by atoms with Gasteiger partial charge in [0.15, 0.2) is 0 Å². The van der Waals surface area contributed by atoms with Crippen LogP contribution in [0, 0.1) is 6.92 Å². The summed E-state index contributed by atoms with van der Waals surface area (Å²) in [7, 11) is 0. The van der Waals surface area contributed by atoms with E-state index in [2.05, 4.69) is 25.9 Å². The van der Waals surface area contributed by atoms with Gasteiger partial charge < -0.3 is 4.90 Å². The number of alkyl halides is 3. The first-order chi connectivity index (χ1) is 7.81. The quantitative estimate of drug-likeness (QED) is 0.799. The Morgan fingerprint density at radius 1 is 1.35 bits per heavy atom. The van der Waals surface area contributed by atoms with Crippen molar-refractivity contribution >= 4 is 21.7 Å². The number of anilines is 1. The van der Waals surface area contributed by atoms with Gasteiger partial charge in [0.1, 0.15) is 22.8 Å². The van der Waals surface area contributed by atoms with E-state index in [1.165, 1.54) is 11.0 Å². The minimum Gasteiger partial charge on any atom is -0.347 e. The van der Waals surface area contributed by atoms with Crippen molar-refractivity contribution in [3.05, 3.63) is 16.5 Å². The Kier molecular flexibility index (Phi) is 4.73. The Bertz CT molecular complexity index is 361. The van der Waals surface area contributed by atoms with E-state index in [9.17, 15) is 13.2 Å². The molecule has 0 aliphatic heterocycles. The lowest BCUT2D eigenvalue weighted by Crippen LogP contribution is -2.35. The van der Waals surface area contributed by atoms with Crippen LogP contribution < -0.4 is 4.90 Å². The van der Waals surface area contributed by atoms with Crippen LogP contribution in [0.1, 0.15) is 19.2 Å². The van der Waals surface area contributed by atoms with Crippen molar-refractivity contribution in [2.45, 2.75) is 26.4 Å². The molecule has 0 spiro atoms. The van der Waals surface area contributed by atoms with Gasteiger partial charge in [-0.1, -0.05) is 6.92 Å². The number of hydrogen-bond acceptors (Lipinski definition) is 3. The summed E-state index contributed by atoms with van der Waals surface area (Å²) in [6.07, 6.45) is -3.61. The highest BCUT2D eigenvalue weighted by molar-refractivity contribution is 9.10. The summed E-state index contributed by atoms with van der Waals surface area (Å²) in [6, 6.07) is 1.49. The molecule has 17 heavy (non-hydrogen) atoms. The van der Waals surface area contributed by atoms with Gasteiger partial charge in [0, 0.05) is 12.6 Å². The molecule has 1 rings (SSSR count). The zero-order valence-electron chi connectivity index (χ0n) is 9.55. The predicted octanol–water partition coefficient (Wildman–Crippen LogP) is 3.33. The van der Waals surface area contributed by atoms with E-state index >= 15 is 0 Å². The van der Waals surface area contributed by atoms with Crippen molar-refractivity contribution in [2.75, 3.05) is 18.0 Å². The first kappa shape index (κ1) is 14.2. The lowest BCUT2D eigenvalue weighted by atomic mass is 10.3. The lowest BCUT2D eigenvalue weighted by Gasteiger charge is -2.24. The molecular weight excluding hydrogens is 299 g/mol. The number of aryl methyl sites for hydroxylation is 1. The summed E-state index contributed by atoms with van der Waals surface area (Å²) in [4.78, 5) is 9.20. The van der Waals surface area contributed by atoms with E-state index in [1.807, 2.05) is 6.92 Å². The van der Waals surface area contributed by atoms with E-state index in [0.717, 1.165) is 0 Å². The molecule has 0 saturated heterocycles. The van der Waals surface area contributed by atoms with E-state index in [-0.39, 0.29) is 0 Å². The van der Waals surface area contributed by atoms with Crippen LogP contribution in [0.3, 0.4) is 0 Å². The van der Waals surface area contributed by atoms with Crippen LogP contribution in [0.15, 0.2) is 10.7 Å². The van der Waals surface area contributed by atoms with Crippen molar-refractivity contribution in [1.29, 1.82) is 0 Å². The van der Waals surface area contributed by atoms with Crippen molar-refractivity contribution in [3.8, 4) is 0 Å². The minimum absolute atomic E-state index is 0.295. The molecule has 1 aromatic heterocycles. The largest absolute Gasteiger partial charge is 0.405 e. The fraction of sp³-hybridized carbons (Fsp3) is 0.600. The summed E-state index contributed by atoms with van der Waals surface area (Å²) in [6.45, 7) is 2.78. The molecule has 3 nitrogen and oxygen atoms in total. The number of aromatic nitrogens is 2. The van der Waals surface area contributed by atoms with Crippen molar-refractivity contribution in [2.24, 2.45) is 0 Å². The molecule has 0 amide bonds. The van der Waals surface area contributed by atoms with Crippen LogP contribution in [0.4, 0.5) is 19.0 Å². The highest BCUT2D eigenvalue weighted by atomic mass is 79.9. The number of halogens is 4. The van der Waals surface area contributed by atoms with Crippen LogP contribution in [0.25, 0.3) is 0 Å². The van der Waals surface area contributed by atoms with Crippen molar-refractivity contribution in [3.63, 3.8) is 0 Å². The summed E-state index contributed by atoms with van der Waals surface area (Å²) in [5.74, 6) is 0.737. The predicted molar refractivity (Wildman–Crippen MR) is 63.0 cm³/mol. The van der Waals surface area contributed by atoms with Crippen LogP contribution in [0.5, 0.6) is 0 Å². The Balaban J connectivity index is 2.96. The van der Waals surface area contributed by atoms with Crippen LogP contribution in [-0.2, 0) is 0 Å². The third-order valence-electron chi connectivity index (χ3n) is 1.98. The van der Waals surface area contributed by atoms with Gasteiger partial charge in [-0.15, -0.1) is 0 Å². The highest BCUT2D eigenvalue weighted by Gasteiger charge is 2.31. The SMILES string of the molecule is CCCN(CC(F)(F)F)c1cc(Br)nc(C)n1. The van der Waals surface area contributed by atoms with E-state index in [1.54, 1.807) is 6.92 Å². The molecule has 0 fully saturated rings. The molecule has 0 atom stereocenters. The molecule has 0 unspecified atom stereocenters. The third kappa shape index (κ3) is 4.89. The fourth-order valence-corrected chi connectivity index (χ4v) is 1.90. The Labute approximate surface area is 106 Å². The second kappa shape index (κ2) is 5.66. The molecule has 0 aliphatic rings. The zero-order valence-corrected chi connectivity index (χ0v) is 11.1. The standard InChI is InChI=1S/C10H13BrF3N3/c1-3-4-17(6-10(12,13)14)9-5-8(11)15-7(2)16-9/h5H,3-4,6H2,1-2H3. The number of nitrogens with zero attached hydrogens (tertiary/aromatic N) is 3. The molecule has 7 heteroatoms. The molecule has 0 saturated carbocycles. The first-order valence-electron chi connectivity index (χ1n) is 5.14. The average molecular weight is 312 g/mol. The van der Waals surface area contributed by atoms with E-state index in [0.29, 0.717) is 29.2 Å². The summed E-state index contributed by atoms with van der Waals surface area (Å²) < 4.78 is 37.7. The average Bonchev–Trinajstić information content (AvgIpc) is 2.13. The molecule has 96 valence electrons.